The normalized spacial score (nSPS) is 19.4. The topological polar surface area (TPSA) is 75.4 Å². The molecule has 1 N–H and O–H groups in total. The molecule has 1 aliphatic rings. The van der Waals surface area contributed by atoms with Crippen molar-refractivity contribution in [2.45, 2.75) is 19.0 Å². The first-order valence-corrected chi connectivity index (χ1v) is 8.75. The van der Waals surface area contributed by atoms with Gasteiger partial charge in [-0.25, -0.2) is 9.78 Å². The van der Waals surface area contributed by atoms with Gasteiger partial charge < -0.3 is 9.73 Å². The summed E-state index contributed by atoms with van der Waals surface area (Å²) < 4.78 is 5.49. The number of urea groups is 1. The van der Waals surface area contributed by atoms with Crippen molar-refractivity contribution in [3.8, 4) is 11.5 Å². The van der Waals surface area contributed by atoms with E-state index in [1.165, 1.54) is 6.26 Å². The number of carbonyl (C=O) groups is 2. The average Bonchev–Trinajstić information content (AvgIpc) is 3.22. The standard InChI is InChI=1S/C20H16ClN3O3/c1-20(14-7-9-15(21)10-8-14)18(25)24(19(26)23-20)11-16-12-27-17(22-16)13-5-3-2-4-6-13/h2-10,12H,11H2,1H3,(H,23,26). The van der Waals surface area contributed by atoms with Gasteiger partial charge in [0.25, 0.3) is 5.91 Å². The summed E-state index contributed by atoms with van der Waals surface area (Å²) in [6.45, 7) is 1.71. The average molecular weight is 382 g/mol. The quantitative estimate of drug-likeness (QED) is 0.694. The van der Waals surface area contributed by atoms with Gasteiger partial charge in [-0.15, -0.1) is 0 Å². The van der Waals surface area contributed by atoms with Crippen LogP contribution in [0.1, 0.15) is 18.2 Å². The number of oxazole rings is 1. The van der Waals surface area contributed by atoms with Crippen LogP contribution in [0.2, 0.25) is 5.02 Å². The van der Waals surface area contributed by atoms with Gasteiger partial charge in [0.2, 0.25) is 5.89 Å². The fourth-order valence-electron chi connectivity index (χ4n) is 3.07. The Morgan fingerprint density at radius 3 is 2.52 bits per heavy atom. The second kappa shape index (κ2) is 6.55. The van der Waals surface area contributed by atoms with Crippen molar-refractivity contribution in [1.82, 2.24) is 15.2 Å². The van der Waals surface area contributed by atoms with Crippen LogP contribution in [0.25, 0.3) is 11.5 Å². The molecule has 1 saturated heterocycles. The molecule has 136 valence electrons. The SMILES string of the molecule is CC1(c2ccc(Cl)cc2)NC(=O)N(Cc2coc(-c3ccccc3)n2)C1=O. The van der Waals surface area contributed by atoms with Crippen LogP contribution in [0.5, 0.6) is 0 Å². The molecule has 1 unspecified atom stereocenters. The van der Waals surface area contributed by atoms with Crippen LogP contribution in [-0.2, 0) is 16.9 Å². The molecule has 0 aliphatic carbocycles. The van der Waals surface area contributed by atoms with Gasteiger partial charge in [0.15, 0.2) is 0 Å². The number of amides is 3. The molecule has 0 radical (unpaired) electrons. The first kappa shape index (κ1) is 17.3. The van der Waals surface area contributed by atoms with E-state index >= 15 is 0 Å². The van der Waals surface area contributed by atoms with Crippen LogP contribution in [0, 0.1) is 0 Å². The molecule has 0 spiro atoms. The summed E-state index contributed by atoms with van der Waals surface area (Å²) in [5.74, 6) is 0.0946. The number of nitrogens with one attached hydrogen (secondary N) is 1. The number of imide groups is 1. The number of halogens is 1. The number of hydrogen-bond donors (Lipinski definition) is 1. The largest absolute Gasteiger partial charge is 0.444 e. The fraction of sp³-hybridized carbons (Fsp3) is 0.150. The molecule has 27 heavy (non-hydrogen) atoms. The minimum absolute atomic E-state index is 0.0319. The molecular weight excluding hydrogens is 366 g/mol. The van der Waals surface area contributed by atoms with Crippen molar-refractivity contribution in [1.29, 1.82) is 0 Å². The smallest absolute Gasteiger partial charge is 0.325 e. The fourth-order valence-corrected chi connectivity index (χ4v) is 3.20. The molecule has 7 heteroatoms. The maximum Gasteiger partial charge on any atom is 0.325 e. The van der Waals surface area contributed by atoms with Crippen molar-refractivity contribution in [2.24, 2.45) is 0 Å². The highest BCUT2D eigenvalue weighted by Gasteiger charge is 2.49. The van der Waals surface area contributed by atoms with E-state index in [9.17, 15) is 9.59 Å². The molecule has 0 saturated carbocycles. The van der Waals surface area contributed by atoms with E-state index in [0.717, 1.165) is 10.5 Å². The van der Waals surface area contributed by atoms with Gasteiger partial charge in [0.05, 0.1) is 12.2 Å². The van der Waals surface area contributed by atoms with Gasteiger partial charge in [0.1, 0.15) is 11.8 Å². The van der Waals surface area contributed by atoms with E-state index in [1.54, 1.807) is 31.2 Å². The van der Waals surface area contributed by atoms with Crippen molar-refractivity contribution in [3.05, 3.63) is 77.1 Å². The number of hydrogen-bond acceptors (Lipinski definition) is 4. The minimum atomic E-state index is -1.15. The van der Waals surface area contributed by atoms with Gasteiger partial charge in [-0.1, -0.05) is 41.9 Å². The van der Waals surface area contributed by atoms with Crippen LogP contribution in [0.3, 0.4) is 0 Å². The summed E-state index contributed by atoms with van der Waals surface area (Å²) in [6, 6.07) is 15.8. The number of rotatable bonds is 4. The van der Waals surface area contributed by atoms with Gasteiger partial charge in [0, 0.05) is 10.6 Å². The van der Waals surface area contributed by atoms with Gasteiger partial charge in [-0.3, -0.25) is 9.69 Å². The molecule has 1 aliphatic heterocycles. The first-order valence-electron chi connectivity index (χ1n) is 8.37. The highest BCUT2D eigenvalue weighted by molar-refractivity contribution is 6.30. The zero-order chi connectivity index (χ0) is 19.0. The van der Waals surface area contributed by atoms with E-state index in [1.807, 2.05) is 30.3 Å². The third-order valence-electron chi connectivity index (χ3n) is 4.59. The number of nitrogens with zero attached hydrogens (tertiary/aromatic N) is 2. The van der Waals surface area contributed by atoms with Crippen LogP contribution in [0.15, 0.2) is 65.3 Å². The summed E-state index contributed by atoms with van der Waals surface area (Å²) in [7, 11) is 0. The Kier molecular flexibility index (Phi) is 4.20. The summed E-state index contributed by atoms with van der Waals surface area (Å²) in [5, 5.41) is 3.32. The van der Waals surface area contributed by atoms with E-state index in [4.69, 9.17) is 16.0 Å². The highest BCUT2D eigenvalue weighted by Crippen LogP contribution is 2.30. The summed E-state index contributed by atoms with van der Waals surface area (Å²) in [4.78, 5) is 30.9. The van der Waals surface area contributed by atoms with Gasteiger partial charge in [-0.05, 0) is 36.8 Å². The van der Waals surface area contributed by atoms with Crippen LogP contribution >= 0.6 is 11.6 Å². The zero-order valence-corrected chi connectivity index (χ0v) is 15.2. The summed E-state index contributed by atoms with van der Waals surface area (Å²) in [6.07, 6.45) is 1.46. The Hall–Kier alpha value is -3.12. The van der Waals surface area contributed by atoms with Crippen LogP contribution in [-0.4, -0.2) is 21.8 Å². The molecule has 2 heterocycles. The Bertz CT molecular complexity index is 1000. The molecule has 1 atom stereocenters. The van der Waals surface area contributed by atoms with Crippen molar-refractivity contribution < 1.29 is 14.0 Å². The second-order valence-electron chi connectivity index (χ2n) is 6.46. The van der Waals surface area contributed by atoms with Gasteiger partial charge in [-0.2, -0.15) is 0 Å². The van der Waals surface area contributed by atoms with Gasteiger partial charge >= 0.3 is 6.03 Å². The van der Waals surface area contributed by atoms with Crippen LogP contribution in [0.4, 0.5) is 4.79 Å². The predicted molar refractivity (Wildman–Crippen MR) is 99.8 cm³/mol. The third kappa shape index (κ3) is 3.08. The number of aromatic nitrogens is 1. The lowest BCUT2D eigenvalue weighted by atomic mass is 9.92. The molecule has 4 rings (SSSR count). The van der Waals surface area contributed by atoms with Crippen molar-refractivity contribution in [2.75, 3.05) is 0 Å². The first-order chi connectivity index (χ1) is 13.0. The Morgan fingerprint density at radius 1 is 1.11 bits per heavy atom. The van der Waals surface area contributed by atoms with E-state index in [0.29, 0.717) is 22.2 Å². The lowest BCUT2D eigenvalue weighted by molar-refractivity contribution is -0.131. The molecule has 1 aromatic heterocycles. The summed E-state index contributed by atoms with van der Waals surface area (Å²) >= 11 is 5.92. The van der Waals surface area contributed by atoms with E-state index < -0.39 is 11.6 Å². The van der Waals surface area contributed by atoms with E-state index in [2.05, 4.69) is 10.3 Å². The number of carbonyl (C=O) groups excluding carboxylic acids is 2. The molecule has 0 bridgehead atoms. The monoisotopic (exact) mass is 381 g/mol. The van der Waals surface area contributed by atoms with Crippen LogP contribution < -0.4 is 5.32 Å². The van der Waals surface area contributed by atoms with Crippen molar-refractivity contribution in [3.63, 3.8) is 0 Å². The van der Waals surface area contributed by atoms with E-state index in [-0.39, 0.29) is 12.5 Å². The summed E-state index contributed by atoms with van der Waals surface area (Å²) in [5.41, 5.74) is 0.843. The Labute approximate surface area is 160 Å². The molecular formula is C20H16ClN3O3. The molecule has 2 aromatic carbocycles. The van der Waals surface area contributed by atoms with Crippen molar-refractivity contribution >= 4 is 23.5 Å². The molecule has 3 aromatic rings. The molecule has 1 fully saturated rings. The predicted octanol–water partition coefficient (Wildman–Crippen LogP) is 3.96. The Balaban J connectivity index is 1.56. The lowest BCUT2D eigenvalue weighted by Crippen LogP contribution is -2.40. The number of benzene rings is 2. The maximum absolute atomic E-state index is 13.0. The maximum atomic E-state index is 13.0. The lowest BCUT2D eigenvalue weighted by Gasteiger charge is -2.22. The highest BCUT2D eigenvalue weighted by atomic mass is 35.5. The second-order valence-corrected chi connectivity index (χ2v) is 6.90. The zero-order valence-electron chi connectivity index (χ0n) is 14.5. The third-order valence-corrected chi connectivity index (χ3v) is 4.84. The molecule has 6 nitrogen and oxygen atoms in total. The minimum Gasteiger partial charge on any atom is -0.444 e. The molecule has 3 amide bonds. The Morgan fingerprint density at radius 2 is 1.81 bits per heavy atom.